The minimum Gasteiger partial charge on any atom is -0.340 e. The molecule has 0 amide bonds. The Balaban J connectivity index is 1.76. The summed E-state index contributed by atoms with van der Waals surface area (Å²) in [6.07, 6.45) is 3.83. The molecule has 4 aromatic rings. The zero-order valence-corrected chi connectivity index (χ0v) is 14.5. The maximum absolute atomic E-state index is 4.69. The van der Waals surface area contributed by atoms with Gasteiger partial charge in [0.2, 0.25) is 0 Å². The molecule has 25 heavy (non-hydrogen) atoms. The third-order valence-corrected chi connectivity index (χ3v) is 4.13. The van der Waals surface area contributed by atoms with E-state index in [1.165, 1.54) is 11.1 Å². The minimum atomic E-state index is 0.660. The molecule has 0 unspecified atom stereocenters. The van der Waals surface area contributed by atoms with Crippen LogP contribution in [-0.2, 0) is 0 Å². The highest BCUT2D eigenvalue weighted by Crippen LogP contribution is 2.24. The average Bonchev–Trinajstić information content (AvgIpc) is 2.92. The van der Waals surface area contributed by atoms with Gasteiger partial charge in [-0.2, -0.15) is 0 Å². The number of benzene rings is 1. The van der Waals surface area contributed by atoms with Crippen molar-refractivity contribution in [3.05, 3.63) is 71.7 Å². The number of imidazole rings is 1. The van der Waals surface area contributed by atoms with Crippen molar-refractivity contribution in [2.45, 2.75) is 20.8 Å². The molecule has 0 atom stereocenters. The number of nitrogens with one attached hydrogen (secondary N) is 1. The predicted molar refractivity (Wildman–Crippen MR) is 100 cm³/mol. The van der Waals surface area contributed by atoms with Crippen molar-refractivity contribution in [2.75, 3.05) is 5.32 Å². The summed E-state index contributed by atoms with van der Waals surface area (Å²) in [6, 6.07) is 14.2. The van der Waals surface area contributed by atoms with Gasteiger partial charge in [-0.15, -0.1) is 0 Å². The molecule has 124 valence electrons. The van der Waals surface area contributed by atoms with Crippen molar-refractivity contribution in [3.8, 4) is 11.5 Å². The Hall–Kier alpha value is -3.21. The average molecular weight is 329 g/mol. The van der Waals surface area contributed by atoms with Crippen LogP contribution in [0.25, 0.3) is 17.2 Å². The first kappa shape index (κ1) is 15.3. The van der Waals surface area contributed by atoms with Crippen LogP contribution in [0.1, 0.15) is 16.8 Å². The third-order valence-electron chi connectivity index (χ3n) is 4.13. The Bertz CT molecular complexity index is 1050. The van der Waals surface area contributed by atoms with Crippen LogP contribution in [-0.4, -0.2) is 19.4 Å². The molecule has 3 heterocycles. The summed E-state index contributed by atoms with van der Waals surface area (Å²) in [5.41, 5.74) is 6.13. The fourth-order valence-electron chi connectivity index (χ4n) is 2.87. The number of rotatable bonds is 3. The number of nitrogens with zero attached hydrogens (tertiary/aromatic N) is 4. The van der Waals surface area contributed by atoms with Crippen molar-refractivity contribution in [2.24, 2.45) is 0 Å². The normalized spacial score (nSPS) is 11.0. The van der Waals surface area contributed by atoms with E-state index in [9.17, 15) is 0 Å². The molecule has 1 N–H and O–H groups in total. The Labute approximate surface area is 146 Å². The van der Waals surface area contributed by atoms with Gasteiger partial charge >= 0.3 is 0 Å². The Morgan fingerprint density at radius 1 is 0.840 bits per heavy atom. The second-order valence-electron chi connectivity index (χ2n) is 6.24. The molecule has 3 aromatic heterocycles. The van der Waals surface area contributed by atoms with Crippen molar-refractivity contribution < 1.29 is 0 Å². The van der Waals surface area contributed by atoms with Gasteiger partial charge in [0.15, 0.2) is 5.82 Å². The van der Waals surface area contributed by atoms with Gasteiger partial charge in [-0.1, -0.05) is 23.8 Å². The molecule has 0 saturated heterocycles. The van der Waals surface area contributed by atoms with Crippen LogP contribution in [0, 0.1) is 20.8 Å². The van der Waals surface area contributed by atoms with Crippen molar-refractivity contribution in [1.82, 2.24) is 19.4 Å². The maximum Gasteiger partial charge on any atom is 0.180 e. The fourth-order valence-corrected chi connectivity index (χ4v) is 2.87. The topological polar surface area (TPSA) is 55.1 Å². The van der Waals surface area contributed by atoms with Gasteiger partial charge in [0.25, 0.3) is 0 Å². The molecular weight excluding hydrogens is 310 g/mol. The highest BCUT2D eigenvalue weighted by molar-refractivity contribution is 5.64. The zero-order valence-electron chi connectivity index (χ0n) is 14.5. The van der Waals surface area contributed by atoms with Crippen LogP contribution in [0.3, 0.4) is 0 Å². The number of hydrogen-bond donors (Lipinski definition) is 1. The van der Waals surface area contributed by atoms with E-state index in [1.54, 1.807) is 6.20 Å². The van der Waals surface area contributed by atoms with Gasteiger partial charge in [-0.05, 0) is 50.6 Å². The molecule has 0 aliphatic rings. The molecule has 0 saturated carbocycles. The van der Waals surface area contributed by atoms with E-state index >= 15 is 0 Å². The predicted octanol–water partition coefficient (Wildman–Crippen LogP) is 4.46. The number of anilines is 2. The first-order valence-corrected chi connectivity index (χ1v) is 8.22. The molecule has 5 nitrogen and oxygen atoms in total. The van der Waals surface area contributed by atoms with Gasteiger partial charge in [0.05, 0.1) is 5.69 Å². The van der Waals surface area contributed by atoms with Gasteiger partial charge in [-0.25, -0.2) is 15.0 Å². The summed E-state index contributed by atoms with van der Waals surface area (Å²) in [5.74, 6) is 1.42. The first-order valence-electron chi connectivity index (χ1n) is 8.22. The molecular formula is C20H19N5. The van der Waals surface area contributed by atoms with E-state index in [0.29, 0.717) is 5.82 Å². The van der Waals surface area contributed by atoms with Crippen molar-refractivity contribution >= 4 is 17.2 Å². The highest BCUT2D eigenvalue weighted by atomic mass is 15.1. The van der Waals surface area contributed by atoms with Crippen LogP contribution >= 0.6 is 0 Å². The largest absolute Gasteiger partial charge is 0.340 e. The number of hydrogen-bond acceptors (Lipinski definition) is 4. The van der Waals surface area contributed by atoms with Crippen LogP contribution < -0.4 is 5.32 Å². The van der Waals surface area contributed by atoms with Crippen LogP contribution in [0.2, 0.25) is 0 Å². The smallest absolute Gasteiger partial charge is 0.180 e. The number of aromatic nitrogens is 4. The van der Waals surface area contributed by atoms with Crippen LogP contribution in [0.4, 0.5) is 11.5 Å². The van der Waals surface area contributed by atoms with E-state index in [4.69, 9.17) is 4.98 Å². The van der Waals surface area contributed by atoms with Crippen LogP contribution in [0.15, 0.2) is 54.9 Å². The molecule has 5 heteroatoms. The van der Waals surface area contributed by atoms with Crippen LogP contribution in [0.5, 0.6) is 0 Å². The Morgan fingerprint density at radius 3 is 2.40 bits per heavy atom. The molecule has 0 radical (unpaired) electrons. The van der Waals surface area contributed by atoms with E-state index in [2.05, 4.69) is 57.9 Å². The fraction of sp³-hybridized carbons (Fsp3) is 0.150. The standard InChI is InChI=1S/C20H19N5/c1-13-4-7-16(8-5-13)23-17-10-11-21-20(24-17)19-15(3)22-18-9-6-14(2)12-25(18)19/h4-12H,1-3H3,(H,21,23,24). The molecule has 0 fully saturated rings. The Kier molecular flexibility index (Phi) is 3.69. The number of pyridine rings is 1. The Morgan fingerprint density at radius 2 is 1.60 bits per heavy atom. The lowest BCUT2D eigenvalue weighted by Crippen LogP contribution is -1.99. The SMILES string of the molecule is Cc1ccc(Nc2ccnc(-c3c(C)nc4ccc(C)cn34)n2)cc1. The summed E-state index contributed by atoms with van der Waals surface area (Å²) in [4.78, 5) is 13.8. The molecule has 0 aliphatic heterocycles. The first-order chi connectivity index (χ1) is 12.1. The molecule has 1 aromatic carbocycles. The third kappa shape index (κ3) is 2.96. The quantitative estimate of drug-likeness (QED) is 0.603. The van der Waals surface area contributed by atoms with Gasteiger partial charge in [-0.3, -0.25) is 4.40 Å². The van der Waals surface area contributed by atoms with Gasteiger partial charge in [0, 0.05) is 18.1 Å². The maximum atomic E-state index is 4.69. The van der Waals surface area contributed by atoms with Crippen molar-refractivity contribution in [1.29, 1.82) is 0 Å². The second-order valence-corrected chi connectivity index (χ2v) is 6.24. The summed E-state index contributed by atoms with van der Waals surface area (Å²) >= 11 is 0. The lowest BCUT2D eigenvalue weighted by molar-refractivity contribution is 1.09. The van der Waals surface area contributed by atoms with Gasteiger partial charge < -0.3 is 5.32 Å². The zero-order chi connectivity index (χ0) is 17.4. The molecule has 0 spiro atoms. The number of fused-ring (bicyclic) bond motifs is 1. The summed E-state index contributed by atoms with van der Waals surface area (Å²) in [7, 11) is 0. The van der Waals surface area contributed by atoms with E-state index in [-0.39, 0.29) is 0 Å². The van der Waals surface area contributed by atoms with Crippen molar-refractivity contribution in [3.63, 3.8) is 0 Å². The minimum absolute atomic E-state index is 0.660. The lowest BCUT2D eigenvalue weighted by Gasteiger charge is -2.08. The van der Waals surface area contributed by atoms with E-state index < -0.39 is 0 Å². The van der Waals surface area contributed by atoms with E-state index in [1.807, 2.05) is 31.2 Å². The van der Waals surface area contributed by atoms with Gasteiger partial charge in [0.1, 0.15) is 17.2 Å². The molecule has 0 aliphatic carbocycles. The summed E-state index contributed by atoms with van der Waals surface area (Å²) in [6.45, 7) is 6.12. The second kappa shape index (κ2) is 6.02. The summed E-state index contributed by atoms with van der Waals surface area (Å²) < 4.78 is 2.05. The lowest BCUT2D eigenvalue weighted by atomic mass is 10.2. The highest BCUT2D eigenvalue weighted by Gasteiger charge is 2.14. The number of aryl methyl sites for hydroxylation is 3. The monoisotopic (exact) mass is 329 g/mol. The molecule has 0 bridgehead atoms. The summed E-state index contributed by atoms with van der Waals surface area (Å²) in [5, 5.41) is 3.33. The molecule has 4 rings (SSSR count). The van der Waals surface area contributed by atoms with E-state index in [0.717, 1.165) is 28.5 Å².